The van der Waals surface area contributed by atoms with Crippen molar-refractivity contribution in [3.05, 3.63) is 33.1 Å². The largest absolute Gasteiger partial charge is 0.388 e. The van der Waals surface area contributed by atoms with Crippen LogP contribution in [0.15, 0.2) is 12.1 Å². The van der Waals surface area contributed by atoms with Crippen LogP contribution in [0.5, 0.6) is 0 Å². The predicted molar refractivity (Wildman–Crippen MR) is 67.5 cm³/mol. The number of nitrogens with zero attached hydrogens (tertiary/aromatic N) is 1. The van der Waals surface area contributed by atoms with Crippen molar-refractivity contribution < 1.29 is 14.4 Å². The highest BCUT2D eigenvalue weighted by Crippen LogP contribution is 2.30. The normalized spacial score (nSPS) is 14.1. The van der Waals surface area contributed by atoms with Crippen LogP contribution in [-0.2, 0) is 0 Å². The van der Waals surface area contributed by atoms with E-state index < -0.39 is 22.0 Å². The first-order valence-corrected chi connectivity index (χ1v) is 5.74. The first-order valence-electron chi connectivity index (χ1n) is 5.36. The van der Waals surface area contributed by atoms with Crippen LogP contribution in [0.25, 0.3) is 0 Å². The molecule has 0 radical (unpaired) electrons. The third-order valence-electron chi connectivity index (χ3n) is 2.66. The standard InChI is InChI=1S/C11H14ClFN2O3/c1-3-11(2,16)6-14-9-4-7(12)8(13)5-10(9)15(17)18/h4-5,14,16H,3,6H2,1-2H3. The summed E-state index contributed by atoms with van der Waals surface area (Å²) in [5.74, 6) is -0.851. The van der Waals surface area contributed by atoms with Crippen LogP contribution in [0.3, 0.4) is 0 Å². The van der Waals surface area contributed by atoms with Gasteiger partial charge in [0.2, 0.25) is 0 Å². The average Bonchev–Trinajstić information content (AvgIpc) is 2.30. The molecule has 1 rings (SSSR count). The highest BCUT2D eigenvalue weighted by atomic mass is 35.5. The summed E-state index contributed by atoms with van der Waals surface area (Å²) in [6, 6.07) is 1.89. The fourth-order valence-corrected chi connectivity index (χ4v) is 1.40. The Morgan fingerprint density at radius 2 is 2.22 bits per heavy atom. The van der Waals surface area contributed by atoms with Crippen molar-refractivity contribution in [2.45, 2.75) is 25.9 Å². The second-order valence-corrected chi connectivity index (χ2v) is 4.65. The topological polar surface area (TPSA) is 75.4 Å². The van der Waals surface area contributed by atoms with E-state index >= 15 is 0 Å². The summed E-state index contributed by atoms with van der Waals surface area (Å²) in [5, 5.41) is 23.1. The van der Waals surface area contributed by atoms with E-state index in [1.165, 1.54) is 0 Å². The maximum absolute atomic E-state index is 13.1. The Labute approximate surface area is 109 Å². The van der Waals surface area contributed by atoms with Crippen molar-refractivity contribution in [3.63, 3.8) is 0 Å². The summed E-state index contributed by atoms with van der Waals surface area (Å²) < 4.78 is 13.1. The molecule has 100 valence electrons. The van der Waals surface area contributed by atoms with E-state index in [0.29, 0.717) is 6.42 Å². The van der Waals surface area contributed by atoms with Crippen LogP contribution in [-0.4, -0.2) is 22.2 Å². The van der Waals surface area contributed by atoms with Crippen molar-refractivity contribution in [1.29, 1.82) is 0 Å². The molecule has 18 heavy (non-hydrogen) atoms. The number of anilines is 1. The smallest absolute Gasteiger partial charge is 0.295 e. The molecule has 0 fully saturated rings. The molecule has 5 nitrogen and oxygen atoms in total. The minimum absolute atomic E-state index is 0.0834. The van der Waals surface area contributed by atoms with Gasteiger partial charge >= 0.3 is 0 Å². The van der Waals surface area contributed by atoms with E-state index in [4.69, 9.17) is 11.6 Å². The molecule has 1 atom stereocenters. The summed E-state index contributed by atoms with van der Waals surface area (Å²) in [6.45, 7) is 3.48. The quantitative estimate of drug-likeness (QED) is 0.640. The summed E-state index contributed by atoms with van der Waals surface area (Å²) >= 11 is 5.57. The Morgan fingerprint density at radius 1 is 1.61 bits per heavy atom. The maximum atomic E-state index is 13.1. The van der Waals surface area contributed by atoms with E-state index in [-0.39, 0.29) is 17.3 Å². The van der Waals surface area contributed by atoms with Gasteiger partial charge in [0.1, 0.15) is 11.5 Å². The molecule has 1 unspecified atom stereocenters. The van der Waals surface area contributed by atoms with E-state index in [1.54, 1.807) is 13.8 Å². The van der Waals surface area contributed by atoms with Gasteiger partial charge in [0.05, 0.1) is 21.6 Å². The Hall–Kier alpha value is -1.40. The SMILES string of the molecule is CCC(C)(O)CNc1cc(Cl)c(F)cc1[N+](=O)[O-]. The summed E-state index contributed by atoms with van der Waals surface area (Å²) in [7, 11) is 0. The van der Waals surface area contributed by atoms with Crippen LogP contribution in [0, 0.1) is 15.9 Å². The minimum Gasteiger partial charge on any atom is -0.388 e. The van der Waals surface area contributed by atoms with Gasteiger partial charge in [0.15, 0.2) is 0 Å². The molecule has 0 saturated heterocycles. The van der Waals surface area contributed by atoms with E-state index in [2.05, 4.69) is 5.32 Å². The molecule has 7 heteroatoms. The fourth-order valence-electron chi connectivity index (χ4n) is 1.24. The van der Waals surface area contributed by atoms with E-state index in [0.717, 1.165) is 12.1 Å². The fraction of sp³-hybridized carbons (Fsp3) is 0.455. The Balaban J connectivity index is 3.01. The molecular formula is C11H14ClFN2O3. The number of hydrogen-bond donors (Lipinski definition) is 2. The second-order valence-electron chi connectivity index (χ2n) is 4.24. The lowest BCUT2D eigenvalue weighted by molar-refractivity contribution is -0.384. The highest BCUT2D eigenvalue weighted by molar-refractivity contribution is 6.31. The van der Waals surface area contributed by atoms with Gasteiger partial charge in [-0.2, -0.15) is 0 Å². The zero-order valence-corrected chi connectivity index (χ0v) is 10.8. The summed E-state index contributed by atoms with van der Waals surface area (Å²) in [4.78, 5) is 10.1. The molecular weight excluding hydrogens is 263 g/mol. The first kappa shape index (κ1) is 14.7. The van der Waals surface area contributed by atoms with Gasteiger partial charge in [-0.05, 0) is 19.4 Å². The molecule has 0 bridgehead atoms. The van der Waals surface area contributed by atoms with Crippen LogP contribution in [0.1, 0.15) is 20.3 Å². The van der Waals surface area contributed by atoms with E-state index in [1.807, 2.05) is 0 Å². The number of hydrogen-bond acceptors (Lipinski definition) is 4. The summed E-state index contributed by atoms with van der Waals surface area (Å²) in [6.07, 6.45) is 0.475. The van der Waals surface area contributed by atoms with Gasteiger partial charge in [0.25, 0.3) is 5.69 Å². The number of rotatable bonds is 5. The Morgan fingerprint density at radius 3 is 2.72 bits per heavy atom. The monoisotopic (exact) mass is 276 g/mol. The zero-order valence-electron chi connectivity index (χ0n) is 10.0. The highest BCUT2D eigenvalue weighted by Gasteiger charge is 2.22. The molecule has 0 spiro atoms. The third kappa shape index (κ3) is 3.54. The van der Waals surface area contributed by atoms with Crippen molar-refractivity contribution in [2.75, 3.05) is 11.9 Å². The molecule has 1 aromatic carbocycles. The van der Waals surface area contributed by atoms with Gasteiger partial charge in [-0.25, -0.2) is 4.39 Å². The molecule has 0 amide bonds. The first-order chi connectivity index (χ1) is 8.26. The zero-order chi connectivity index (χ0) is 13.9. The molecule has 1 aromatic rings. The molecule has 0 aliphatic carbocycles. The second kappa shape index (κ2) is 5.49. The van der Waals surface area contributed by atoms with Crippen molar-refractivity contribution in [2.24, 2.45) is 0 Å². The van der Waals surface area contributed by atoms with Crippen molar-refractivity contribution in [1.82, 2.24) is 0 Å². The lowest BCUT2D eigenvalue weighted by Crippen LogP contribution is -2.32. The van der Waals surface area contributed by atoms with Gasteiger partial charge in [-0.15, -0.1) is 0 Å². The van der Waals surface area contributed by atoms with Crippen LogP contribution >= 0.6 is 11.6 Å². The molecule has 0 aliphatic rings. The van der Waals surface area contributed by atoms with Gasteiger partial charge in [-0.1, -0.05) is 18.5 Å². The lowest BCUT2D eigenvalue weighted by Gasteiger charge is -2.22. The maximum Gasteiger partial charge on any atom is 0.295 e. The number of halogens is 2. The molecule has 2 N–H and O–H groups in total. The van der Waals surface area contributed by atoms with Crippen molar-refractivity contribution >= 4 is 23.0 Å². The average molecular weight is 277 g/mol. The van der Waals surface area contributed by atoms with Crippen LogP contribution in [0.4, 0.5) is 15.8 Å². The van der Waals surface area contributed by atoms with Crippen LogP contribution in [0.2, 0.25) is 5.02 Å². The van der Waals surface area contributed by atoms with Crippen LogP contribution < -0.4 is 5.32 Å². The van der Waals surface area contributed by atoms with Gasteiger partial charge in [0, 0.05) is 6.54 Å². The Kier molecular flexibility index (Phi) is 4.48. The van der Waals surface area contributed by atoms with Gasteiger partial charge < -0.3 is 10.4 Å². The lowest BCUT2D eigenvalue weighted by atomic mass is 10.0. The van der Waals surface area contributed by atoms with Crippen molar-refractivity contribution in [3.8, 4) is 0 Å². The molecule has 0 saturated carbocycles. The Bertz CT molecular complexity index is 466. The number of nitro groups is 1. The number of benzene rings is 1. The molecule has 0 heterocycles. The minimum atomic E-state index is -1.01. The molecule has 0 aromatic heterocycles. The number of nitro benzene ring substituents is 1. The predicted octanol–water partition coefficient (Wildman–Crippen LogP) is 2.96. The number of nitrogens with one attached hydrogen (secondary N) is 1. The summed E-state index contributed by atoms with van der Waals surface area (Å²) in [5.41, 5.74) is -1.33. The number of aliphatic hydroxyl groups is 1. The molecule has 0 aliphatic heterocycles. The van der Waals surface area contributed by atoms with Gasteiger partial charge in [-0.3, -0.25) is 10.1 Å². The van der Waals surface area contributed by atoms with E-state index in [9.17, 15) is 19.6 Å². The third-order valence-corrected chi connectivity index (χ3v) is 2.95.